The van der Waals surface area contributed by atoms with Crippen molar-refractivity contribution in [3.63, 3.8) is 0 Å². The fourth-order valence-corrected chi connectivity index (χ4v) is 3.55. The average Bonchev–Trinajstić information content (AvgIpc) is 3.28. The first-order chi connectivity index (χ1) is 17.7. The third-order valence-corrected chi connectivity index (χ3v) is 5.24. The molecule has 0 spiro atoms. The van der Waals surface area contributed by atoms with Gasteiger partial charge in [-0.2, -0.15) is 13.2 Å². The maximum atomic E-state index is 12.0. The highest BCUT2D eigenvalue weighted by Crippen LogP contribution is 2.27. The summed E-state index contributed by atoms with van der Waals surface area (Å²) in [6.07, 6.45) is 0.0551. The first-order valence-corrected chi connectivity index (χ1v) is 11.7. The molecule has 4 heterocycles. The minimum absolute atomic E-state index is 0.0378. The fourth-order valence-electron chi connectivity index (χ4n) is 3.55. The molecule has 0 atom stereocenters. The number of ether oxygens (including phenoxy) is 1. The van der Waals surface area contributed by atoms with Crippen LogP contribution in [0.1, 0.15) is 48.9 Å². The van der Waals surface area contributed by atoms with E-state index in [2.05, 4.69) is 20.3 Å². The molecule has 202 valence electrons. The Hall–Kier alpha value is -4.22. The Morgan fingerprint density at radius 2 is 1.79 bits per heavy atom. The number of carboxylic acids is 1. The van der Waals surface area contributed by atoms with E-state index >= 15 is 0 Å². The van der Waals surface area contributed by atoms with Gasteiger partial charge in [0.1, 0.15) is 5.60 Å². The topological polar surface area (TPSA) is 134 Å². The summed E-state index contributed by atoms with van der Waals surface area (Å²) in [4.78, 5) is 45.1. The third-order valence-electron chi connectivity index (χ3n) is 5.24. The number of carbonyl (C=O) groups excluding carboxylic acids is 2. The van der Waals surface area contributed by atoms with Crippen LogP contribution < -0.4 is 5.32 Å². The lowest BCUT2D eigenvalue weighted by Crippen LogP contribution is -2.31. The molecular weight excluding hydrogens is 505 g/mol. The minimum Gasteiger partial charge on any atom is -0.475 e. The average molecular weight is 533 g/mol. The molecule has 1 amide bonds. The van der Waals surface area contributed by atoms with Crippen molar-refractivity contribution < 1.29 is 37.4 Å². The molecule has 0 aromatic carbocycles. The lowest BCUT2D eigenvalue weighted by molar-refractivity contribution is -0.192. The largest absolute Gasteiger partial charge is 0.490 e. The van der Waals surface area contributed by atoms with E-state index in [0.29, 0.717) is 24.9 Å². The van der Waals surface area contributed by atoms with Crippen molar-refractivity contribution in [3.05, 3.63) is 59.7 Å². The Labute approximate surface area is 216 Å². The molecule has 3 aromatic rings. The Bertz CT molecular complexity index is 1310. The highest BCUT2D eigenvalue weighted by molar-refractivity contribution is 5.97. The Morgan fingerprint density at radius 1 is 1.08 bits per heavy atom. The SMILES string of the molecule is CC(C)(C)OC(=O)CCc1ccc(-c2cc(-c3cc4c([nH]3)CCNC4=O)ccn2)cn1.O=C(O)C(F)(F)F. The maximum absolute atomic E-state index is 12.0. The van der Waals surface area contributed by atoms with Gasteiger partial charge < -0.3 is 20.1 Å². The van der Waals surface area contributed by atoms with Crippen LogP contribution >= 0.6 is 0 Å². The number of alkyl halides is 3. The quantitative estimate of drug-likeness (QED) is 0.417. The van der Waals surface area contributed by atoms with Crippen molar-refractivity contribution in [1.29, 1.82) is 0 Å². The number of pyridine rings is 2. The summed E-state index contributed by atoms with van der Waals surface area (Å²) in [5.74, 6) is -3.02. The van der Waals surface area contributed by atoms with Gasteiger partial charge in [-0.25, -0.2) is 4.79 Å². The zero-order valence-corrected chi connectivity index (χ0v) is 21.0. The number of nitrogens with zero attached hydrogens (tertiary/aromatic N) is 2. The van der Waals surface area contributed by atoms with Crippen molar-refractivity contribution in [2.45, 2.75) is 51.8 Å². The van der Waals surface area contributed by atoms with Gasteiger partial charge in [-0.15, -0.1) is 0 Å². The number of carboxylic acid groups (broad SMARTS) is 1. The summed E-state index contributed by atoms with van der Waals surface area (Å²) in [5.41, 5.74) is 5.55. The predicted octanol–water partition coefficient (Wildman–Crippen LogP) is 4.33. The molecule has 0 aliphatic carbocycles. The van der Waals surface area contributed by atoms with Gasteiger partial charge in [-0.1, -0.05) is 0 Å². The van der Waals surface area contributed by atoms with E-state index in [0.717, 1.165) is 40.3 Å². The van der Waals surface area contributed by atoms with Crippen LogP contribution in [0, 0.1) is 0 Å². The van der Waals surface area contributed by atoms with Gasteiger partial charge in [0.15, 0.2) is 0 Å². The van der Waals surface area contributed by atoms with Crippen LogP contribution in [0.5, 0.6) is 0 Å². The van der Waals surface area contributed by atoms with E-state index in [1.165, 1.54) is 0 Å². The molecule has 0 fully saturated rings. The molecule has 0 unspecified atom stereocenters. The lowest BCUT2D eigenvalue weighted by Gasteiger charge is -2.19. The minimum atomic E-state index is -5.08. The lowest BCUT2D eigenvalue weighted by atomic mass is 10.1. The van der Waals surface area contributed by atoms with Crippen molar-refractivity contribution in [3.8, 4) is 22.5 Å². The van der Waals surface area contributed by atoms with Crippen molar-refractivity contribution in [1.82, 2.24) is 20.3 Å². The van der Waals surface area contributed by atoms with E-state index in [4.69, 9.17) is 14.6 Å². The second kappa shape index (κ2) is 11.4. The molecule has 4 rings (SSSR count). The van der Waals surface area contributed by atoms with Gasteiger partial charge in [0.2, 0.25) is 0 Å². The number of aromatic nitrogens is 3. The number of nitrogens with one attached hydrogen (secondary N) is 2. The summed E-state index contributed by atoms with van der Waals surface area (Å²) in [7, 11) is 0. The van der Waals surface area contributed by atoms with Crippen LogP contribution in [0.2, 0.25) is 0 Å². The van der Waals surface area contributed by atoms with Crippen LogP contribution in [-0.4, -0.2) is 56.2 Å². The number of aliphatic carboxylic acids is 1. The van der Waals surface area contributed by atoms with Crippen molar-refractivity contribution in [2.75, 3.05) is 6.54 Å². The predicted molar refractivity (Wildman–Crippen MR) is 131 cm³/mol. The summed E-state index contributed by atoms with van der Waals surface area (Å²) in [6.45, 7) is 6.22. The van der Waals surface area contributed by atoms with Crippen molar-refractivity contribution in [2.24, 2.45) is 0 Å². The fraction of sp³-hybridized carbons (Fsp3) is 0.346. The molecule has 3 N–H and O–H groups in total. The molecule has 0 saturated heterocycles. The van der Waals surface area contributed by atoms with Crippen LogP contribution in [-0.2, 0) is 27.2 Å². The van der Waals surface area contributed by atoms with E-state index in [1.807, 2.05) is 51.1 Å². The monoisotopic (exact) mass is 532 g/mol. The number of amides is 1. The Kier molecular flexibility index (Phi) is 8.54. The number of hydrogen-bond acceptors (Lipinski definition) is 6. The summed E-state index contributed by atoms with van der Waals surface area (Å²) in [5, 5.41) is 9.99. The van der Waals surface area contributed by atoms with Crippen molar-refractivity contribution >= 4 is 17.8 Å². The van der Waals surface area contributed by atoms with Gasteiger partial charge in [0, 0.05) is 60.0 Å². The molecule has 12 heteroatoms. The highest BCUT2D eigenvalue weighted by atomic mass is 19.4. The number of esters is 1. The number of halogens is 3. The second-order valence-corrected chi connectivity index (χ2v) is 9.44. The smallest absolute Gasteiger partial charge is 0.475 e. The van der Waals surface area contributed by atoms with Gasteiger partial charge in [0.05, 0.1) is 17.7 Å². The van der Waals surface area contributed by atoms with Gasteiger partial charge in [-0.3, -0.25) is 19.6 Å². The maximum Gasteiger partial charge on any atom is 0.490 e. The number of rotatable bonds is 5. The molecule has 1 aliphatic rings. The molecule has 1 aliphatic heterocycles. The van der Waals surface area contributed by atoms with Gasteiger partial charge in [0.25, 0.3) is 5.91 Å². The van der Waals surface area contributed by atoms with E-state index in [9.17, 15) is 22.8 Å². The number of aromatic amines is 1. The highest BCUT2D eigenvalue weighted by Gasteiger charge is 2.38. The van der Waals surface area contributed by atoms with Crippen LogP contribution in [0.25, 0.3) is 22.5 Å². The second-order valence-electron chi connectivity index (χ2n) is 9.44. The number of H-pyrrole nitrogens is 1. The number of hydrogen-bond donors (Lipinski definition) is 3. The molecule has 3 aromatic heterocycles. The standard InChI is InChI=1S/C24H26N4O3.C2HF3O2/c1-24(2,3)31-22(29)7-6-17-5-4-16(14-27-17)20-12-15(8-10-25-20)21-13-18-19(28-21)9-11-26-23(18)30;3-2(4,5)1(6)7/h4-5,8,10,12-14,28H,6-7,9,11H2,1-3H3,(H,26,30);(H,6,7). The van der Waals surface area contributed by atoms with Crippen LogP contribution in [0.15, 0.2) is 42.7 Å². The summed E-state index contributed by atoms with van der Waals surface area (Å²) >= 11 is 0. The van der Waals surface area contributed by atoms with Crippen LogP contribution in [0.3, 0.4) is 0 Å². The summed E-state index contributed by atoms with van der Waals surface area (Å²) in [6, 6.07) is 9.65. The Balaban J connectivity index is 0.000000505. The number of fused-ring (bicyclic) bond motifs is 1. The molecular formula is C26H27F3N4O5. The molecule has 0 radical (unpaired) electrons. The zero-order chi connectivity index (χ0) is 28.1. The van der Waals surface area contributed by atoms with Gasteiger partial charge >= 0.3 is 18.1 Å². The van der Waals surface area contributed by atoms with E-state index in [1.54, 1.807) is 12.4 Å². The molecule has 0 bridgehead atoms. The zero-order valence-electron chi connectivity index (χ0n) is 21.0. The van der Waals surface area contributed by atoms with E-state index < -0.39 is 17.7 Å². The third kappa shape index (κ3) is 7.89. The Morgan fingerprint density at radius 3 is 2.37 bits per heavy atom. The normalized spacial score (nSPS) is 13.1. The summed E-state index contributed by atoms with van der Waals surface area (Å²) < 4.78 is 37.1. The molecule has 38 heavy (non-hydrogen) atoms. The van der Waals surface area contributed by atoms with E-state index in [-0.39, 0.29) is 11.9 Å². The number of aryl methyl sites for hydroxylation is 1. The molecule has 9 nitrogen and oxygen atoms in total. The van der Waals surface area contributed by atoms with Crippen LogP contribution in [0.4, 0.5) is 13.2 Å². The molecule has 0 saturated carbocycles. The first kappa shape index (κ1) is 28.4. The van der Waals surface area contributed by atoms with Gasteiger partial charge in [-0.05, 0) is 51.1 Å². The number of carbonyl (C=O) groups is 3. The first-order valence-electron chi connectivity index (χ1n) is 11.7.